The zero-order valence-electron chi connectivity index (χ0n) is 21.0. The molecule has 4 rings (SSSR count). The molecule has 3 heterocycles. The monoisotopic (exact) mass is 588 g/mol. The highest BCUT2D eigenvalue weighted by Crippen LogP contribution is 2.49. The fraction of sp³-hybridized carbons (Fsp3) is 0.455. The molecule has 5 N–H and O–H groups in total. The summed E-state index contributed by atoms with van der Waals surface area (Å²) in [7, 11) is -4.35. The number of benzene rings is 1. The first kappa shape index (κ1) is 28.9. The predicted molar refractivity (Wildman–Crippen MR) is 137 cm³/mol. The molecular weight excluding hydrogens is 562 g/mol. The molecule has 0 aliphatic carbocycles. The van der Waals surface area contributed by atoms with Crippen LogP contribution in [0.4, 0.5) is 10.3 Å². The number of hydrogen-bond donors (Lipinski definition) is 4. The third-order valence-electron chi connectivity index (χ3n) is 5.52. The molecule has 14 nitrogen and oxygen atoms in total. The molecular formula is C22H27ClFN6O8P. The van der Waals surface area contributed by atoms with Crippen LogP contribution in [0.2, 0.25) is 0 Å². The lowest BCUT2D eigenvalue weighted by molar-refractivity contribution is -0.149. The number of aliphatic hydroxyl groups excluding tert-OH is 1. The van der Waals surface area contributed by atoms with Crippen LogP contribution in [-0.4, -0.2) is 66.7 Å². The van der Waals surface area contributed by atoms with Crippen molar-refractivity contribution >= 4 is 42.4 Å². The summed E-state index contributed by atoms with van der Waals surface area (Å²) >= 11 is 6.04. The van der Waals surface area contributed by atoms with Gasteiger partial charge in [0.1, 0.15) is 24.0 Å². The third kappa shape index (κ3) is 6.24. The van der Waals surface area contributed by atoms with E-state index in [1.165, 1.54) is 19.1 Å². The fourth-order valence-electron chi connectivity index (χ4n) is 3.73. The van der Waals surface area contributed by atoms with Crippen LogP contribution in [0, 0.1) is 0 Å². The number of para-hydroxylation sites is 1. The third-order valence-corrected chi connectivity index (χ3v) is 7.57. The van der Waals surface area contributed by atoms with Gasteiger partial charge in [-0.15, -0.1) is 0 Å². The van der Waals surface area contributed by atoms with E-state index < -0.39 is 61.6 Å². The molecule has 0 saturated carbocycles. The lowest BCUT2D eigenvalue weighted by Gasteiger charge is -2.25. The number of alkyl halides is 2. The molecule has 2 aromatic heterocycles. The van der Waals surface area contributed by atoms with Gasteiger partial charge in [-0.05, 0) is 32.9 Å². The molecule has 212 valence electrons. The summed E-state index contributed by atoms with van der Waals surface area (Å²) in [6.07, 6.45) is -4.60. The first-order valence-electron chi connectivity index (χ1n) is 11.7. The molecule has 1 aliphatic rings. The molecule has 1 aliphatic heterocycles. The molecule has 1 fully saturated rings. The highest BCUT2D eigenvalue weighted by molar-refractivity contribution is 7.52. The maximum atomic E-state index is 15.6. The van der Waals surface area contributed by atoms with Gasteiger partial charge in [-0.1, -0.05) is 29.8 Å². The van der Waals surface area contributed by atoms with Crippen LogP contribution in [0.25, 0.3) is 11.2 Å². The molecule has 17 heteroatoms. The van der Waals surface area contributed by atoms with Crippen LogP contribution in [0.1, 0.15) is 27.0 Å². The number of fused-ring (bicyclic) bond motifs is 1. The molecule has 1 saturated heterocycles. The van der Waals surface area contributed by atoms with Crippen molar-refractivity contribution in [2.45, 2.75) is 56.5 Å². The Balaban J connectivity index is 1.56. The van der Waals surface area contributed by atoms with Crippen molar-refractivity contribution in [2.24, 2.45) is 0 Å². The van der Waals surface area contributed by atoms with Gasteiger partial charge < -0.3 is 24.8 Å². The van der Waals surface area contributed by atoms with Crippen LogP contribution in [0.3, 0.4) is 0 Å². The number of nitrogens with one attached hydrogen (secondary N) is 2. The summed E-state index contributed by atoms with van der Waals surface area (Å²) in [5.74, 6) is -0.846. The number of nitrogen functional groups attached to an aromatic ring is 1. The zero-order valence-corrected chi connectivity index (χ0v) is 22.6. The van der Waals surface area contributed by atoms with Crippen molar-refractivity contribution in [1.82, 2.24) is 24.6 Å². The number of aromatic nitrogens is 4. The van der Waals surface area contributed by atoms with E-state index >= 15 is 4.39 Å². The number of anilines is 1. The van der Waals surface area contributed by atoms with E-state index in [9.17, 15) is 19.3 Å². The molecule has 1 aromatic carbocycles. The Morgan fingerprint density at radius 1 is 1.38 bits per heavy atom. The normalized spacial score (nSPS) is 25.5. The van der Waals surface area contributed by atoms with Crippen molar-refractivity contribution in [3.63, 3.8) is 0 Å². The van der Waals surface area contributed by atoms with Gasteiger partial charge >= 0.3 is 13.7 Å². The maximum Gasteiger partial charge on any atom is 0.459 e. The summed E-state index contributed by atoms with van der Waals surface area (Å²) in [4.78, 5) is 34.5. The smallest absolute Gasteiger partial charge is 0.459 e. The number of carbonyl (C=O) groups excluding carboxylic acids is 1. The van der Waals surface area contributed by atoms with E-state index in [4.69, 9.17) is 35.9 Å². The second kappa shape index (κ2) is 11.2. The SMILES string of the molecule is CC(C)OC(=O)[C@H](C)N[P@@](=O)(OC[C@H]1O[C@@H](n2cnc3c(=O)[nH]c(N)nc32)[C@@](F)(Cl)[C@@H]1O)Oc1ccccc1. The van der Waals surface area contributed by atoms with Crippen molar-refractivity contribution in [3.05, 3.63) is 47.0 Å². The minimum absolute atomic E-state index is 0.138. The van der Waals surface area contributed by atoms with E-state index in [2.05, 4.69) is 20.0 Å². The summed E-state index contributed by atoms with van der Waals surface area (Å²) in [6, 6.07) is 6.82. The van der Waals surface area contributed by atoms with Gasteiger partial charge in [-0.25, -0.2) is 13.9 Å². The minimum Gasteiger partial charge on any atom is -0.462 e. The largest absolute Gasteiger partial charge is 0.462 e. The Labute approximate surface area is 226 Å². The number of carbonyl (C=O) groups is 1. The number of nitrogens with two attached hydrogens (primary N) is 1. The quantitative estimate of drug-likeness (QED) is 0.153. The van der Waals surface area contributed by atoms with Crippen LogP contribution < -0.4 is 20.9 Å². The Kier molecular flexibility index (Phi) is 8.30. The fourth-order valence-corrected chi connectivity index (χ4v) is 5.53. The standard InChI is InChI=1S/C22H27ClFN6O8P/c1-11(2)36-19(33)12(3)29-39(34,38-13-7-5-4-6-8-13)35-9-14-16(31)22(23,24)20(37-14)30-10-26-15-17(30)27-21(25)28-18(15)32/h4-8,10-12,14,16,20,31H,9H2,1-3H3,(H,29,34)(H3,25,27,28,32)/t12-,14+,16+,20+,22+,39+/m0/s1. The predicted octanol–water partition coefficient (Wildman–Crippen LogP) is 2.00. The first-order valence-corrected chi connectivity index (χ1v) is 13.6. The van der Waals surface area contributed by atoms with E-state index in [1.54, 1.807) is 32.0 Å². The highest BCUT2D eigenvalue weighted by atomic mass is 35.5. The molecule has 6 atom stereocenters. The van der Waals surface area contributed by atoms with Gasteiger partial charge in [-0.3, -0.25) is 23.7 Å². The van der Waals surface area contributed by atoms with Gasteiger partial charge in [0.2, 0.25) is 5.95 Å². The van der Waals surface area contributed by atoms with Crippen molar-refractivity contribution in [3.8, 4) is 5.75 Å². The van der Waals surface area contributed by atoms with E-state index in [1.807, 2.05) is 0 Å². The lowest BCUT2D eigenvalue weighted by Crippen LogP contribution is -2.40. The number of aliphatic hydroxyl groups is 1. The number of rotatable bonds is 10. The topological polar surface area (TPSA) is 193 Å². The van der Waals surface area contributed by atoms with Crippen molar-refractivity contribution in [2.75, 3.05) is 12.3 Å². The maximum absolute atomic E-state index is 15.6. The molecule has 3 aromatic rings. The van der Waals surface area contributed by atoms with Gasteiger partial charge in [0.15, 0.2) is 17.4 Å². The number of nitrogens with zero attached hydrogens (tertiary/aromatic N) is 3. The van der Waals surface area contributed by atoms with Gasteiger partial charge in [0.25, 0.3) is 10.7 Å². The Morgan fingerprint density at radius 3 is 2.74 bits per heavy atom. The second-order valence-electron chi connectivity index (χ2n) is 8.96. The molecule has 0 amide bonds. The molecule has 0 radical (unpaired) electrons. The molecule has 0 spiro atoms. The molecule has 0 unspecified atom stereocenters. The van der Waals surface area contributed by atoms with E-state index in [-0.39, 0.29) is 22.9 Å². The zero-order chi connectivity index (χ0) is 28.5. The Hall–Kier alpha value is -3.07. The number of hydrogen-bond acceptors (Lipinski definition) is 11. The Bertz CT molecular complexity index is 1440. The van der Waals surface area contributed by atoms with E-state index in [0.717, 1.165) is 10.9 Å². The minimum atomic E-state index is -4.35. The van der Waals surface area contributed by atoms with Gasteiger partial charge in [0.05, 0.1) is 19.0 Å². The number of H-pyrrole nitrogens is 1. The number of aromatic amines is 1. The average Bonchev–Trinajstić information content (AvgIpc) is 3.36. The first-order chi connectivity index (χ1) is 18.3. The summed E-state index contributed by atoms with van der Waals surface area (Å²) in [5, 5.41) is 10.2. The number of ether oxygens (including phenoxy) is 2. The van der Waals surface area contributed by atoms with Crippen molar-refractivity contribution < 1.29 is 37.4 Å². The van der Waals surface area contributed by atoms with Gasteiger partial charge in [-0.2, -0.15) is 10.1 Å². The summed E-state index contributed by atoms with van der Waals surface area (Å²) in [6.45, 7) is 3.99. The highest BCUT2D eigenvalue weighted by Gasteiger charge is 2.58. The second-order valence-corrected chi connectivity index (χ2v) is 11.2. The van der Waals surface area contributed by atoms with Crippen LogP contribution >= 0.6 is 19.3 Å². The van der Waals surface area contributed by atoms with Crippen LogP contribution in [-0.2, 0) is 23.4 Å². The van der Waals surface area contributed by atoms with Crippen LogP contribution in [0.5, 0.6) is 5.75 Å². The molecule has 39 heavy (non-hydrogen) atoms. The summed E-state index contributed by atoms with van der Waals surface area (Å²) < 4.78 is 52.0. The number of esters is 1. The van der Waals surface area contributed by atoms with Crippen LogP contribution in [0.15, 0.2) is 41.5 Å². The van der Waals surface area contributed by atoms with Crippen molar-refractivity contribution in [1.29, 1.82) is 0 Å². The number of imidazole rings is 1. The lowest BCUT2D eigenvalue weighted by atomic mass is 10.1. The summed E-state index contributed by atoms with van der Waals surface area (Å²) in [5.41, 5.74) is 4.60. The average molecular weight is 589 g/mol. The Morgan fingerprint density at radius 2 is 2.08 bits per heavy atom. The molecule has 0 bridgehead atoms. The number of halogens is 2. The van der Waals surface area contributed by atoms with E-state index in [0.29, 0.717) is 0 Å². The van der Waals surface area contributed by atoms with Gasteiger partial charge in [0, 0.05) is 0 Å².